The van der Waals surface area contributed by atoms with Crippen molar-refractivity contribution in [2.75, 3.05) is 7.11 Å². The van der Waals surface area contributed by atoms with Crippen LogP contribution in [0, 0.1) is 17.1 Å². The molecule has 17 heavy (non-hydrogen) atoms. The van der Waals surface area contributed by atoms with Gasteiger partial charge in [0.15, 0.2) is 11.6 Å². The van der Waals surface area contributed by atoms with Gasteiger partial charge in [0.25, 0.3) is 0 Å². The second-order valence-electron chi connectivity index (χ2n) is 2.82. The van der Waals surface area contributed by atoms with E-state index in [0.717, 1.165) is 19.2 Å². The normalized spacial score (nSPS) is 9.88. The zero-order chi connectivity index (χ0) is 13.0. The van der Waals surface area contributed by atoms with E-state index in [2.05, 4.69) is 9.47 Å². The summed E-state index contributed by atoms with van der Waals surface area (Å²) >= 11 is 0. The highest BCUT2D eigenvalue weighted by molar-refractivity contribution is 5.90. The fraction of sp³-hybridized carbons (Fsp3) is 0.200. The predicted octanol–water partition coefficient (Wildman–Crippen LogP) is 2.09. The Labute approximate surface area is 94.2 Å². The molecular weight excluding hydrogens is 239 g/mol. The van der Waals surface area contributed by atoms with Crippen molar-refractivity contribution in [3.05, 3.63) is 29.1 Å². The van der Waals surface area contributed by atoms with E-state index in [4.69, 9.17) is 5.26 Å². The van der Waals surface area contributed by atoms with E-state index >= 15 is 0 Å². The van der Waals surface area contributed by atoms with Crippen LogP contribution in [0.1, 0.15) is 15.9 Å². The molecule has 0 aliphatic heterocycles. The Kier molecular flexibility index (Phi) is 3.93. The molecule has 0 radical (unpaired) electrons. The van der Waals surface area contributed by atoms with Crippen LogP contribution in [-0.2, 0) is 4.74 Å². The summed E-state index contributed by atoms with van der Waals surface area (Å²) in [6.07, 6.45) is 0. The molecule has 0 aromatic heterocycles. The smallest absolute Gasteiger partial charge is 0.387 e. The lowest BCUT2D eigenvalue weighted by molar-refractivity contribution is -0.0523. The molecule has 0 fully saturated rings. The molecule has 0 saturated heterocycles. The maximum atomic E-state index is 13.5. The molecule has 0 heterocycles. The van der Waals surface area contributed by atoms with E-state index in [0.29, 0.717) is 0 Å². The van der Waals surface area contributed by atoms with Gasteiger partial charge in [0.2, 0.25) is 0 Å². The molecular formula is C10H6F3NO3. The van der Waals surface area contributed by atoms with Crippen LogP contribution in [0.2, 0.25) is 0 Å². The topological polar surface area (TPSA) is 59.3 Å². The second kappa shape index (κ2) is 5.21. The maximum Gasteiger partial charge on any atom is 0.387 e. The fourth-order valence-electron chi connectivity index (χ4n) is 1.10. The number of nitriles is 1. The molecule has 4 nitrogen and oxygen atoms in total. The number of esters is 1. The number of methoxy groups -OCH3 is 1. The predicted molar refractivity (Wildman–Crippen MR) is 49.1 cm³/mol. The number of alkyl halides is 2. The van der Waals surface area contributed by atoms with Gasteiger partial charge in [-0.25, -0.2) is 9.18 Å². The Hall–Kier alpha value is -2.23. The first-order chi connectivity index (χ1) is 7.99. The van der Waals surface area contributed by atoms with Crippen LogP contribution in [0.25, 0.3) is 0 Å². The highest BCUT2D eigenvalue weighted by Gasteiger charge is 2.20. The van der Waals surface area contributed by atoms with Crippen LogP contribution < -0.4 is 4.74 Å². The first kappa shape index (κ1) is 12.8. The van der Waals surface area contributed by atoms with Gasteiger partial charge in [-0.15, -0.1) is 0 Å². The number of benzene rings is 1. The van der Waals surface area contributed by atoms with Crippen molar-refractivity contribution in [2.45, 2.75) is 6.61 Å². The Balaban J connectivity index is 3.31. The highest BCUT2D eigenvalue weighted by Crippen LogP contribution is 2.25. The number of halogens is 3. The summed E-state index contributed by atoms with van der Waals surface area (Å²) in [5.41, 5.74) is -0.829. The largest absolute Gasteiger partial charge is 0.465 e. The Bertz CT molecular complexity index is 482. The lowest BCUT2D eigenvalue weighted by atomic mass is 10.1. The first-order valence-electron chi connectivity index (χ1n) is 4.26. The summed E-state index contributed by atoms with van der Waals surface area (Å²) in [6.45, 7) is -3.26. The number of nitrogens with zero attached hydrogens (tertiary/aromatic N) is 1. The molecule has 0 amide bonds. The van der Waals surface area contributed by atoms with Crippen molar-refractivity contribution < 1.29 is 27.4 Å². The molecule has 0 bridgehead atoms. The van der Waals surface area contributed by atoms with Crippen molar-refractivity contribution in [1.82, 2.24) is 0 Å². The molecule has 1 aromatic rings. The van der Waals surface area contributed by atoms with Crippen LogP contribution in [0.4, 0.5) is 13.2 Å². The standard InChI is InChI=1S/C10H6F3NO3/c1-16-9(15)6-2-5(4-14)3-7(8(6)11)17-10(12)13/h2-3,10H,1H3. The summed E-state index contributed by atoms with van der Waals surface area (Å²) in [4.78, 5) is 11.1. The molecule has 0 aliphatic rings. The third-order valence-electron chi connectivity index (χ3n) is 1.79. The number of carbonyl (C=O) groups excluding carboxylic acids is 1. The van der Waals surface area contributed by atoms with Gasteiger partial charge in [0, 0.05) is 6.07 Å². The number of ether oxygens (including phenoxy) is 2. The summed E-state index contributed by atoms with van der Waals surface area (Å²) < 4.78 is 45.5. The van der Waals surface area contributed by atoms with Gasteiger partial charge in [0.1, 0.15) is 5.56 Å². The molecule has 7 heteroatoms. The van der Waals surface area contributed by atoms with Crippen molar-refractivity contribution in [3.63, 3.8) is 0 Å². The van der Waals surface area contributed by atoms with Crippen molar-refractivity contribution in [2.24, 2.45) is 0 Å². The average molecular weight is 245 g/mol. The van der Waals surface area contributed by atoms with Gasteiger partial charge in [-0.05, 0) is 6.07 Å². The third kappa shape index (κ3) is 2.87. The number of carbonyl (C=O) groups is 1. The number of hydrogen-bond donors (Lipinski definition) is 0. The summed E-state index contributed by atoms with van der Waals surface area (Å²) in [6, 6.07) is 3.25. The van der Waals surface area contributed by atoms with Crippen molar-refractivity contribution in [3.8, 4) is 11.8 Å². The summed E-state index contributed by atoms with van der Waals surface area (Å²) in [5, 5.41) is 8.60. The highest BCUT2D eigenvalue weighted by atomic mass is 19.3. The number of rotatable bonds is 3. The molecule has 0 saturated carbocycles. The maximum absolute atomic E-state index is 13.5. The van der Waals surface area contributed by atoms with E-state index in [1.165, 1.54) is 0 Å². The molecule has 0 spiro atoms. The Morgan fingerprint density at radius 1 is 1.47 bits per heavy atom. The lowest BCUT2D eigenvalue weighted by Crippen LogP contribution is -2.10. The zero-order valence-corrected chi connectivity index (χ0v) is 8.54. The van der Waals surface area contributed by atoms with Crippen LogP contribution in [0.3, 0.4) is 0 Å². The van der Waals surface area contributed by atoms with Gasteiger partial charge in [0.05, 0.1) is 18.7 Å². The molecule has 0 N–H and O–H groups in total. The van der Waals surface area contributed by atoms with E-state index in [-0.39, 0.29) is 5.56 Å². The molecule has 90 valence electrons. The van der Waals surface area contributed by atoms with E-state index < -0.39 is 29.7 Å². The minimum atomic E-state index is -3.26. The van der Waals surface area contributed by atoms with Crippen LogP contribution in [0.5, 0.6) is 5.75 Å². The molecule has 0 unspecified atom stereocenters. The Morgan fingerprint density at radius 3 is 2.59 bits per heavy atom. The average Bonchev–Trinajstić information content (AvgIpc) is 2.30. The van der Waals surface area contributed by atoms with Gasteiger partial charge in [-0.1, -0.05) is 0 Å². The number of hydrogen-bond acceptors (Lipinski definition) is 4. The molecule has 1 rings (SSSR count). The van der Waals surface area contributed by atoms with Gasteiger partial charge in [-0.3, -0.25) is 0 Å². The van der Waals surface area contributed by atoms with Crippen molar-refractivity contribution in [1.29, 1.82) is 5.26 Å². The van der Waals surface area contributed by atoms with E-state index in [1.54, 1.807) is 6.07 Å². The van der Waals surface area contributed by atoms with Gasteiger partial charge < -0.3 is 9.47 Å². The fourth-order valence-corrected chi connectivity index (χ4v) is 1.10. The first-order valence-corrected chi connectivity index (χ1v) is 4.26. The SMILES string of the molecule is COC(=O)c1cc(C#N)cc(OC(F)F)c1F. The van der Waals surface area contributed by atoms with Crippen LogP contribution >= 0.6 is 0 Å². The molecule has 0 atom stereocenters. The van der Waals surface area contributed by atoms with Crippen molar-refractivity contribution >= 4 is 5.97 Å². The minimum Gasteiger partial charge on any atom is -0.465 e. The second-order valence-corrected chi connectivity index (χ2v) is 2.82. The van der Waals surface area contributed by atoms with Crippen LogP contribution in [-0.4, -0.2) is 19.7 Å². The van der Waals surface area contributed by atoms with Crippen LogP contribution in [0.15, 0.2) is 12.1 Å². The lowest BCUT2D eigenvalue weighted by Gasteiger charge is -2.08. The molecule has 1 aromatic carbocycles. The zero-order valence-electron chi connectivity index (χ0n) is 8.54. The summed E-state index contributed by atoms with van der Waals surface area (Å²) in [5.74, 6) is -3.26. The van der Waals surface area contributed by atoms with E-state index in [9.17, 15) is 18.0 Å². The third-order valence-corrected chi connectivity index (χ3v) is 1.79. The van der Waals surface area contributed by atoms with Gasteiger partial charge >= 0.3 is 12.6 Å². The minimum absolute atomic E-state index is 0.192. The van der Waals surface area contributed by atoms with Gasteiger partial charge in [-0.2, -0.15) is 14.0 Å². The monoisotopic (exact) mass is 245 g/mol. The molecule has 0 aliphatic carbocycles. The Morgan fingerprint density at radius 2 is 2.12 bits per heavy atom. The quantitative estimate of drug-likeness (QED) is 0.765. The summed E-state index contributed by atoms with van der Waals surface area (Å²) in [7, 11) is 0.995. The van der Waals surface area contributed by atoms with E-state index in [1.807, 2.05) is 0 Å².